The van der Waals surface area contributed by atoms with Crippen LogP contribution >= 0.6 is 0 Å². The fourth-order valence-corrected chi connectivity index (χ4v) is 2.74. The van der Waals surface area contributed by atoms with E-state index in [1.54, 1.807) is 12.1 Å². The van der Waals surface area contributed by atoms with Crippen LogP contribution in [0.1, 0.15) is 45.4 Å². The number of aromatic nitrogens is 3. The fourth-order valence-electron chi connectivity index (χ4n) is 2.74. The van der Waals surface area contributed by atoms with Crippen molar-refractivity contribution in [3.63, 3.8) is 0 Å². The molecule has 0 saturated heterocycles. The largest absolute Gasteiger partial charge is 0.488 e. The van der Waals surface area contributed by atoms with Crippen molar-refractivity contribution in [3.8, 4) is 5.75 Å². The highest BCUT2D eigenvalue weighted by molar-refractivity contribution is 5.63. The molecule has 1 aliphatic carbocycles. The third-order valence-electron chi connectivity index (χ3n) is 3.99. The predicted octanol–water partition coefficient (Wildman–Crippen LogP) is 3.86. The average molecular weight is 349 g/mol. The molecule has 25 heavy (non-hydrogen) atoms. The van der Waals surface area contributed by atoms with Gasteiger partial charge >= 0.3 is 0 Å². The van der Waals surface area contributed by atoms with Gasteiger partial charge in [-0.3, -0.25) is 0 Å². The zero-order valence-electron chi connectivity index (χ0n) is 14.2. The molecule has 2 aromatic rings. The summed E-state index contributed by atoms with van der Waals surface area (Å²) in [4.78, 5) is 11.7. The Morgan fingerprint density at radius 1 is 1.20 bits per heavy atom. The summed E-state index contributed by atoms with van der Waals surface area (Å²) >= 11 is 0. The van der Waals surface area contributed by atoms with Gasteiger partial charge in [-0.25, -0.2) is 8.78 Å². The number of ether oxygens (including phenoxy) is 1. The van der Waals surface area contributed by atoms with E-state index in [2.05, 4.69) is 20.3 Å². The Balaban J connectivity index is 1.91. The average Bonchev–Trinajstić information content (AvgIpc) is 3.02. The van der Waals surface area contributed by atoms with Gasteiger partial charge in [0.05, 0.1) is 6.10 Å². The van der Waals surface area contributed by atoms with Crippen LogP contribution in [0.3, 0.4) is 0 Å². The maximum atomic E-state index is 14.3. The second-order valence-electron chi connectivity index (χ2n) is 6.58. The number of nitrogen functional groups attached to an aromatic ring is 1. The van der Waals surface area contributed by atoms with E-state index in [4.69, 9.17) is 10.5 Å². The lowest BCUT2D eigenvalue weighted by Crippen LogP contribution is -2.18. The van der Waals surface area contributed by atoms with Crippen LogP contribution in [0.25, 0.3) is 0 Å². The normalized spacial score (nSPS) is 15.4. The summed E-state index contributed by atoms with van der Waals surface area (Å²) in [6.07, 6.45) is 4.14. The van der Waals surface area contributed by atoms with Gasteiger partial charge in [-0.05, 0) is 51.7 Å². The first-order valence-corrected chi connectivity index (χ1v) is 8.26. The number of nitrogens with zero attached hydrogens (tertiary/aromatic N) is 3. The molecule has 3 N–H and O–H groups in total. The van der Waals surface area contributed by atoms with Crippen LogP contribution in [0.2, 0.25) is 0 Å². The molecule has 1 aliphatic rings. The number of hydrogen-bond acceptors (Lipinski definition) is 6. The Hall–Kier alpha value is -2.51. The molecule has 0 amide bonds. The smallest absolute Gasteiger partial charge is 0.232 e. The first kappa shape index (κ1) is 17.3. The van der Waals surface area contributed by atoms with Crippen molar-refractivity contribution in [1.29, 1.82) is 0 Å². The minimum atomic E-state index is -1.80. The number of hydrogen-bond donors (Lipinski definition) is 2. The second-order valence-corrected chi connectivity index (χ2v) is 6.58. The molecule has 134 valence electrons. The van der Waals surface area contributed by atoms with Crippen LogP contribution in [-0.4, -0.2) is 21.1 Å². The van der Waals surface area contributed by atoms with Crippen LogP contribution in [0.15, 0.2) is 18.2 Å². The van der Waals surface area contributed by atoms with Crippen molar-refractivity contribution >= 4 is 17.6 Å². The lowest BCUT2D eigenvalue weighted by Gasteiger charge is -2.18. The van der Waals surface area contributed by atoms with Crippen molar-refractivity contribution in [2.75, 3.05) is 11.1 Å². The van der Waals surface area contributed by atoms with E-state index in [0.29, 0.717) is 5.75 Å². The molecule has 0 aliphatic heterocycles. The molecule has 1 heterocycles. The molecule has 0 atom stereocenters. The van der Waals surface area contributed by atoms with Gasteiger partial charge in [0.25, 0.3) is 0 Å². The zero-order valence-corrected chi connectivity index (χ0v) is 14.2. The second kappa shape index (κ2) is 6.78. The highest BCUT2D eigenvalue weighted by Crippen LogP contribution is 2.33. The topological polar surface area (TPSA) is 86.0 Å². The minimum absolute atomic E-state index is 0.0328. The quantitative estimate of drug-likeness (QED) is 0.852. The van der Waals surface area contributed by atoms with E-state index in [1.165, 1.54) is 19.9 Å². The third-order valence-corrected chi connectivity index (χ3v) is 3.99. The van der Waals surface area contributed by atoms with E-state index in [-0.39, 0.29) is 29.5 Å². The Morgan fingerprint density at radius 2 is 1.92 bits per heavy atom. The van der Waals surface area contributed by atoms with Crippen molar-refractivity contribution in [2.24, 2.45) is 0 Å². The third kappa shape index (κ3) is 4.12. The van der Waals surface area contributed by atoms with Gasteiger partial charge in [-0.1, -0.05) is 6.07 Å². The summed E-state index contributed by atoms with van der Waals surface area (Å²) in [7, 11) is 0. The highest BCUT2D eigenvalue weighted by Gasteiger charge is 2.25. The molecular formula is C17H21F2N5O. The molecule has 8 heteroatoms. The maximum absolute atomic E-state index is 14.3. The summed E-state index contributed by atoms with van der Waals surface area (Å²) < 4.78 is 34.3. The molecule has 0 unspecified atom stereocenters. The maximum Gasteiger partial charge on any atom is 0.232 e. The summed E-state index contributed by atoms with van der Waals surface area (Å²) in [6, 6.07) is 4.55. The number of benzene rings is 1. The monoisotopic (exact) mass is 349 g/mol. The molecule has 1 aromatic heterocycles. The number of para-hydroxylation sites is 1. The van der Waals surface area contributed by atoms with Gasteiger partial charge in [0, 0.05) is 0 Å². The molecule has 1 saturated carbocycles. The zero-order chi connectivity index (χ0) is 18.0. The minimum Gasteiger partial charge on any atom is -0.488 e. The van der Waals surface area contributed by atoms with E-state index >= 15 is 0 Å². The van der Waals surface area contributed by atoms with Crippen molar-refractivity contribution in [3.05, 3.63) is 29.8 Å². The number of rotatable bonds is 5. The van der Waals surface area contributed by atoms with E-state index in [9.17, 15) is 8.78 Å². The van der Waals surface area contributed by atoms with Crippen molar-refractivity contribution in [1.82, 2.24) is 15.0 Å². The van der Waals surface area contributed by atoms with Gasteiger partial charge in [0.15, 0.2) is 17.3 Å². The molecule has 3 rings (SSSR count). The van der Waals surface area contributed by atoms with Gasteiger partial charge < -0.3 is 15.8 Å². The first-order valence-electron chi connectivity index (χ1n) is 8.26. The van der Waals surface area contributed by atoms with E-state index in [1.807, 2.05) is 0 Å². The van der Waals surface area contributed by atoms with Gasteiger partial charge in [-0.15, -0.1) is 0 Å². The lowest BCUT2D eigenvalue weighted by molar-refractivity contribution is 0.206. The van der Waals surface area contributed by atoms with Crippen LogP contribution in [0.4, 0.5) is 26.4 Å². The van der Waals surface area contributed by atoms with Crippen LogP contribution in [0.5, 0.6) is 5.75 Å². The fraction of sp³-hybridized carbons (Fsp3) is 0.471. The van der Waals surface area contributed by atoms with Crippen molar-refractivity contribution < 1.29 is 13.5 Å². The summed E-state index contributed by atoms with van der Waals surface area (Å²) in [5, 5.41) is 2.76. The first-order chi connectivity index (χ1) is 11.8. The Labute approximate surface area is 144 Å². The molecule has 6 nitrogen and oxygen atoms in total. The van der Waals surface area contributed by atoms with Crippen LogP contribution in [0, 0.1) is 5.82 Å². The molecule has 1 aromatic carbocycles. The van der Waals surface area contributed by atoms with Crippen molar-refractivity contribution in [2.45, 2.75) is 51.3 Å². The van der Waals surface area contributed by atoms with Gasteiger partial charge in [0.2, 0.25) is 11.9 Å². The van der Waals surface area contributed by atoms with Crippen LogP contribution < -0.4 is 15.8 Å². The summed E-state index contributed by atoms with van der Waals surface area (Å²) in [6.45, 7) is 2.62. The molecule has 0 spiro atoms. The molecule has 0 radical (unpaired) electrons. The Kier molecular flexibility index (Phi) is 4.69. The Bertz CT molecular complexity index is 757. The summed E-state index contributed by atoms with van der Waals surface area (Å²) in [5.41, 5.74) is 3.92. The number of alkyl halides is 1. The van der Waals surface area contributed by atoms with E-state index in [0.717, 1.165) is 25.7 Å². The number of nitrogens with one attached hydrogen (secondary N) is 1. The highest BCUT2D eigenvalue weighted by atomic mass is 19.1. The molecular weight excluding hydrogens is 328 g/mol. The SMILES string of the molecule is CC(C)(F)c1nc(N)nc(Nc2c(F)cccc2OC2CCCC2)n1. The summed E-state index contributed by atoms with van der Waals surface area (Å²) in [5.74, 6) is -0.456. The van der Waals surface area contributed by atoms with Crippen LogP contribution in [-0.2, 0) is 5.67 Å². The standard InChI is InChI=1S/C17H21F2N5O/c1-17(2,19)14-22-15(20)24-16(23-14)21-13-11(18)8-5-9-12(13)25-10-6-3-4-7-10/h5,8-10H,3-4,6-7H2,1-2H3,(H3,20,21,22,23,24). The van der Waals surface area contributed by atoms with Gasteiger partial charge in [0.1, 0.15) is 11.4 Å². The number of halogens is 2. The van der Waals surface area contributed by atoms with Gasteiger partial charge in [-0.2, -0.15) is 15.0 Å². The number of nitrogens with two attached hydrogens (primary N) is 1. The van der Waals surface area contributed by atoms with E-state index < -0.39 is 11.5 Å². The molecule has 0 bridgehead atoms. The Morgan fingerprint density at radius 3 is 2.60 bits per heavy atom. The molecule has 1 fully saturated rings. The lowest BCUT2D eigenvalue weighted by atomic mass is 10.1. The predicted molar refractivity (Wildman–Crippen MR) is 90.9 cm³/mol. The number of anilines is 3.